The first kappa shape index (κ1) is 12.6. The highest BCUT2D eigenvalue weighted by molar-refractivity contribution is 5.86. The van der Waals surface area contributed by atoms with Crippen molar-refractivity contribution in [2.75, 3.05) is 23.3 Å². The number of rotatable bonds is 4. The van der Waals surface area contributed by atoms with E-state index in [0.29, 0.717) is 13.0 Å². The Morgan fingerprint density at radius 3 is 2.80 bits per heavy atom. The fourth-order valence-electron chi connectivity index (χ4n) is 2.23. The number of aromatic nitrogens is 2. The zero-order chi connectivity index (χ0) is 13.8. The van der Waals surface area contributed by atoms with Gasteiger partial charge in [0.15, 0.2) is 5.78 Å². The quantitative estimate of drug-likeness (QED) is 0.917. The van der Waals surface area contributed by atoms with Gasteiger partial charge in [-0.2, -0.15) is 0 Å². The van der Waals surface area contributed by atoms with Crippen LogP contribution in [0.25, 0.3) is 0 Å². The summed E-state index contributed by atoms with van der Waals surface area (Å²) >= 11 is 0. The highest BCUT2D eigenvalue weighted by atomic mass is 16.1. The smallest absolute Gasteiger partial charge is 0.153 e. The second kappa shape index (κ2) is 5.69. The standard InChI is InChI=1S/C15H16N4O/c20-13-6-7-19(10-13)15-8-14(17-11-18-15)16-9-12-4-2-1-3-5-12/h1-5,8,11H,6-7,9-10H2,(H,16,17,18). The lowest BCUT2D eigenvalue weighted by Crippen LogP contribution is -2.21. The van der Waals surface area contributed by atoms with Crippen molar-refractivity contribution in [3.05, 3.63) is 48.3 Å². The molecule has 0 amide bonds. The normalized spacial score (nSPS) is 14.6. The van der Waals surface area contributed by atoms with Crippen molar-refractivity contribution in [2.24, 2.45) is 0 Å². The molecule has 1 aromatic carbocycles. The molecule has 0 spiro atoms. The lowest BCUT2D eigenvalue weighted by Gasteiger charge is -2.15. The van der Waals surface area contributed by atoms with Gasteiger partial charge in [-0.15, -0.1) is 0 Å². The molecule has 20 heavy (non-hydrogen) atoms. The van der Waals surface area contributed by atoms with Gasteiger partial charge in [-0.3, -0.25) is 4.79 Å². The molecule has 0 radical (unpaired) electrons. The predicted molar refractivity (Wildman–Crippen MR) is 77.6 cm³/mol. The molecule has 5 nitrogen and oxygen atoms in total. The number of hydrogen-bond donors (Lipinski definition) is 1. The van der Waals surface area contributed by atoms with Gasteiger partial charge >= 0.3 is 0 Å². The summed E-state index contributed by atoms with van der Waals surface area (Å²) in [7, 11) is 0. The van der Waals surface area contributed by atoms with Crippen LogP contribution in [-0.4, -0.2) is 28.8 Å². The molecular weight excluding hydrogens is 252 g/mol. The molecule has 0 bridgehead atoms. The SMILES string of the molecule is O=C1CCN(c2cc(NCc3ccccc3)ncn2)C1. The van der Waals surface area contributed by atoms with E-state index in [-0.39, 0.29) is 5.78 Å². The molecule has 1 saturated heterocycles. The number of carbonyl (C=O) groups is 1. The third-order valence-corrected chi connectivity index (χ3v) is 3.32. The summed E-state index contributed by atoms with van der Waals surface area (Å²) in [5, 5.41) is 3.27. The Morgan fingerprint density at radius 1 is 1.20 bits per heavy atom. The van der Waals surface area contributed by atoms with Crippen molar-refractivity contribution in [1.82, 2.24) is 9.97 Å². The Bertz CT molecular complexity index is 600. The van der Waals surface area contributed by atoms with Crippen LogP contribution in [-0.2, 0) is 11.3 Å². The Morgan fingerprint density at radius 2 is 2.05 bits per heavy atom. The minimum absolute atomic E-state index is 0.266. The van der Waals surface area contributed by atoms with E-state index in [1.54, 1.807) is 0 Å². The maximum absolute atomic E-state index is 11.3. The minimum atomic E-state index is 0.266. The van der Waals surface area contributed by atoms with Gasteiger partial charge in [-0.05, 0) is 5.56 Å². The van der Waals surface area contributed by atoms with Crippen molar-refractivity contribution in [1.29, 1.82) is 0 Å². The third-order valence-electron chi connectivity index (χ3n) is 3.32. The number of benzene rings is 1. The highest BCUT2D eigenvalue weighted by Crippen LogP contribution is 2.18. The second-order valence-electron chi connectivity index (χ2n) is 4.81. The van der Waals surface area contributed by atoms with Crippen LogP contribution in [0.3, 0.4) is 0 Å². The lowest BCUT2D eigenvalue weighted by molar-refractivity contribution is -0.116. The molecule has 1 aliphatic rings. The van der Waals surface area contributed by atoms with Crippen LogP contribution in [0.2, 0.25) is 0 Å². The van der Waals surface area contributed by atoms with Crippen LogP contribution >= 0.6 is 0 Å². The molecule has 0 saturated carbocycles. The monoisotopic (exact) mass is 268 g/mol. The lowest BCUT2D eigenvalue weighted by atomic mass is 10.2. The van der Waals surface area contributed by atoms with E-state index in [0.717, 1.165) is 24.7 Å². The van der Waals surface area contributed by atoms with E-state index in [1.165, 1.54) is 11.9 Å². The van der Waals surface area contributed by atoms with E-state index in [9.17, 15) is 4.79 Å². The Hall–Kier alpha value is -2.43. The van der Waals surface area contributed by atoms with E-state index in [1.807, 2.05) is 29.2 Å². The molecule has 2 heterocycles. The van der Waals surface area contributed by atoms with Crippen LogP contribution < -0.4 is 10.2 Å². The largest absolute Gasteiger partial charge is 0.366 e. The number of nitrogens with one attached hydrogen (secondary N) is 1. The van der Waals surface area contributed by atoms with Crippen LogP contribution in [0, 0.1) is 0 Å². The van der Waals surface area contributed by atoms with E-state index >= 15 is 0 Å². The first-order valence-corrected chi connectivity index (χ1v) is 6.68. The van der Waals surface area contributed by atoms with Gasteiger partial charge in [0.2, 0.25) is 0 Å². The zero-order valence-corrected chi connectivity index (χ0v) is 11.1. The predicted octanol–water partition coefficient (Wildman–Crippen LogP) is 1.87. The zero-order valence-electron chi connectivity index (χ0n) is 11.1. The van der Waals surface area contributed by atoms with Gasteiger partial charge in [0, 0.05) is 25.6 Å². The van der Waals surface area contributed by atoms with E-state index in [4.69, 9.17) is 0 Å². The number of ketones is 1. The van der Waals surface area contributed by atoms with Gasteiger partial charge in [0.05, 0.1) is 6.54 Å². The molecule has 3 rings (SSSR count). The summed E-state index contributed by atoms with van der Waals surface area (Å²) in [4.78, 5) is 21.8. The second-order valence-corrected chi connectivity index (χ2v) is 4.81. The summed E-state index contributed by atoms with van der Waals surface area (Å²) in [5.41, 5.74) is 1.20. The Balaban J connectivity index is 1.67. The van der Waals surface area contributed by atoms with Crippen LogP contribution in [0.4, 0.5) is 11.6 Å². The minimum Gasteiger partial charge on any atom is -0.366 e. The molecule has 1 N–H and O–H groups in total. The Kier molecular flexibility index (Phi) is 3.58. The van der Waals surface area contributed by atoms with Crippen molar-refractivity contribution >= 4 is 17.4 Å². The first-order chi connectivity index (χ1) is 9.81. The molecule has 1 aliphatic heterocycles. The van der Waals surface area contributed by atoms with Crippen LogP contribution in [0.1, 0.15) is 12.0 Å². The average Bonchev–Trinajstić information content (AvgIpc) is 2.93. The Labute approximate surface area is 117 Å². The average molecular weight is 268 g/mol. The summed E-state index contributed by atoms with van der Waals surface area (Å²) < 4.78 is 0. The third kappa shape index (κ3) is 2.93. The van der Waals surface area contributed by atoms with Gasteiger partial charge < -0.3 is 10.2 Å². The molecule has 2 aromatic rings. The van der Waals surface area contributed by atoms with Gasteiger partial charge in [-0.25, -0.2) is 9.97 Å². The summed E-state index contributed by atoms with van der Waals surface area (Å²) in [5.74, 6) is 1.85. The number of hydrogen-bond acceptors (Lipinski definition) is 5. The number of carbonyl (C=O) groups excluding carboxylic acids is 1. The van der Waals surface area contributed by atoms with Crippen LogP contribution in [0.5, 0.6) is 0 Å². The topological polar surface area (TPSA) is 58.1 Å². The molecule has 0 aliphatic carbocycles. The molecule has 5 heteroatoms. The fraction of sp³-hybridized carbons (Fsp3) is 0.267. The van der Waals surface area contributed by atoms with Crippen molar-refractivity contribution in [3.63, 3.8) is 0 Å². The van der Waals surface area contributed by atoms with E-state index in [2.05, 4.69) is 27.4 Å². The number of nitrogens with zero attached hydrogens (tertiary/aromatic N) is 3. The number of Topliss-reactive ketones (excluding diaryl/α,β-unsaturated/α-hetero) is 1. The van der Waals surface area contributed by atoms with Crippen molar-refractivity contribution < 1.29 is 4.79 Å². The van der Waals surface area contributed by atoms with Gasteiger partial charge in [0.1, 0.15) is 18.0 Å². The maximum atomic E-state index is 11.3. The van der Waals surface area contributed by atoms with Crippen molar-refractivity contribution in [3.8, 4) is 0 Å². The molecular formula is C15H16N4O. The van der Waals surface area contributed by atoms with E-state index < -0.39 is 0 Å². The summed E-state index contributed by atoms with van der Waals surface area (Å²) in [6, 6.07) is 12.0. The molecule has 1 fully saturated rings. The van der Waals surface area contributed by atoms with Gasteiger partial charge in [-0.1, -0.05) is 30.3 Å². The summed E-state index contributed by atoms with van der Waals surface area (Å²) in [6.07, 6.45) is 2.14. The maximum Gasteiger partial charge on any atom is 0.153 e. The molecule has 1 aromatic heterocycles. The first-order valence-electron chi connectivity index (χ1n) is 6.68. The molecule has 0 unspecified atom stereocenters. The fourth-order valence-corrected chi connectivity index (χ4v) is 2.23. The van der Waals surface area contributed by atoms with Crippen LogP contribution in [0.15, 0.2) is 42.7 Å². The number of anilines is 2. The van der Waals surface area contributed by atoms with Crippen molar-refractivity contribution in [2.45, 2.75) is 13.0 Å². The molecule has 0 atom stereocenters. The highest BCUT2D eigenvalue weighted by Gasteiger charge is 2.20. The van der Waals surface area contributed by atoms with Gasteiger partial charge in [0.25, 0.3) is 0 Å². The molecule has 102 valence electrons. The summed E-state index contributed by atoms with van der Waals surface area (Å²) in [6.45, 7) is 1.92.